The number of aryl methyl sites for hydroxylation is 1. The van der Waals surface area contributed by atoms with Gasteiger partial charge in [-0.15, -0.1) is 0 Å². The number of likely N-dealkylation sites (N-methyl/N-ethyl adjacent to an activating group) is 1. The highest BCUT2D eigenvalue weighted by Crippen LogP contribution is 2.27. The van der Waals surface area contributed by atoms with Crippen molar-refractivity contribution in [3.63, 3.8) is 0 Å². The fraction of sp³-hybridized carbons (Fsp3) is 0.529. The number of hydrogen-bond donors (Lipinski definition) is 0. The summed E-state index contributed by atoms with van der Waals surface area (Å²) in [6, 6.07) is 2.64. The molecule has 1 saturated carbocycles. The smallest absolute Gasteiger partial charge is 0.334 e. The highest BCUT2D eigenvalue weighted by molar-refractivity contribution is 6.45. The van der Waals surface area contributed by atoms with Gasteiger partial charge in [-0.05, 0) is 31.9 Å². The Bertz CT molecular complexity index is 720. The number of carbonyl (C=O) groups excluding carboxylic acids is 4. The first-order valence-electron chi connectivity index (χ1n) is 8.36. The van der Waals surface area contributed by atoms with Crippen LogP contribution in [0.1, 0.15) is 37.2 Å². The quantitative estimate of drug-likeness (QED) is 0.591. The lowest BCUT2D eigenvalue weighted by atomic mass is 10.2. The first-order valence-corrected chi connectivity index (χ1v) is 8.36. The lowest BCUT2D eigenvalue weighted by Gasteiger charge is -2.22. The highest BCUT2D eigenvalue weighted by atomic mass is 16.3. The summed E-state index contributed by atoms with van der Waals surface area (Å²) in [5.74, 6) is -0.840. The van der Waals surface area contributed by atoms with Crippen molar-refractivity contribution in [3.8, 4) is 0 Å². The summed E-state index contributed by atoms with van der Waals surface area (Å²) < 4.78 is 5.41. The molecule has 1 aromatic heterocycles. The van der Waals surface area contributed by atoms with Crippen molar-refractivity contribution in [1.82, 2.24) is 14.7 Å². The number of amides is 5. The normalized spacial score (nSPS) is 18.6. The first kappa shape index (κ1) is 17.2. The number of urea groups is 1. The number of hydrogen-bond acceptors (Lipinski definition) is 5. The maximum Gasteiger partial charge on any atom is 0.334 e. The monoisotopic (exact) mass is 347 g/mol. The Morgan fingerprint density at radius 3 is 2.48 bits per heavy atom. The second-order valence-corrected chi connectivity index (χ2v) is 6.55. The molecule has 3 rings (SSSR count). The van der Waals surface area contributed by atoms with Crippen LogP contribution in [0.5, 0.6) is 0 Å². The van der Waals surface area contributed by atoms with Crippen molar-refractivity contribution in [2.45, 2.75) is 45.2 Å². The van der Waals surface area contributed by atoms with Crippen molar-refractivity contribution < 1.29 is 23.6 Å². The minimum absolute atomic E-state index is 0.225. The molecule has 0 radical (unpaired) electrons. The van der Waals surface area contributed by atoms with Crippen molar-refractivity contribution >= 4 is 23.8 Å². The zero-order valence-corrected chi connectivity index (χ0v) is 14.4. The Labute approximate surface area is 145 Å². The highest BCUT2D eigenvalue weighted by Gasteiger charge is 2.48. The third kappa shape index (κ3) is 3.29. The average molecular weight is 347 g/mol. The van der Waals surface area contributed by atoms with E-state index in [1.165, 1.54) is 4.90 Å². The van der Waals surface area contributed by atoms with Gasteiger partial charge in [0.2, 0.25) is 5.91 Å². The van der Waals surface area contributed by atoms with E-state index in [0.717, 1.165) is 28.4 Å². The summed E-state index contributed by atoms with van der Waals surface area (Å²) in [6.45, 7) is 1.59. The molecular formula is C17H21N3O5. The average Bonchev–Trinajstić information content (AvgIpc) is 3.27. The van der Waals surface area contributed by atoms with E-state index < -0.39 is 30.3 Å². The van der Waals surface area contributed by atoms with Gasteiger partial charge in [-0.3, -0.25) is 19.3 Å². The maximum absolute atomic E-state index is 12.5. The van der Waals surface area contributed by atoms with Gasteiger partial charge in [0.25, 0.3) is 0 Å². The first-order chi connectivity index (χ1) is 11.9. The van der Waals surface area contributed by atoms with E-state index in [0.29, 0.717) is 18.6 Å². The van der Waals surface area contributed by atoms with Crippen LogP contribution in [0.3, 0.4) is 0 Å². The van der Waals surface area contributed by atoms with Crippen molar-refractivity contribution in [3.05, 3.63) is 23.7 Å². The minimum Gasteiger partial charge on any atom is -0.464 e. The largest absolute Gasteiger partial charge is 0.464 e. The third-order valence-electron chi connectivity index (χ3n) is 4.68. The van der Waals surface area contributed by atoms with E-state index in [2.05, 4.69) is 0 Å². The van der Waals surface area contributed by atoms with Crippen LogP contribution in [0.2, 0.25) is 0 Å². The molecular weight excluding hydrogens is 326 g/mol. The second kappa shape index (κ2) is 6.70. The van der Waals surface area contributed by atoms with E-state index in [-0.39, 0.29) is 12.6 Å². The summed E-state index contributed by atoms with van der Waals surface area (Å²) in [5, 5.41) is 0. The second-order valence-electron chi connectivity index (χ2n) is 6.55. The van der Waals surface area contributed by atoms with Gasteiger partial charge in [0.05, 0.1) is 6.54 Å². The number of rotatable bonds is 5. The Kier molecular flexibility index (Phi) is 4.61. The van der Waals surface area contributed by atoms with Gasteiger partial charge in [0.15, 0.2) is 0 Å². The van der Waals surface area contributed by atoms with Crippen LogP contribution in [-0.2, 0) is 20.9 Å². The van der Waals surface area contributed by atoms with E-state index >= 15 is 0 Å². The zero-order chi connectivity index (χ0) is 18.1. The van der Waals surface area contributed by atoms with Crippen LogP contribution in [0.15, 0.2) is 16.5 Å². The molecule has 8 nitrogen and oxygen atoms in total. The van der Waals surface area contributed by atoms with Crippen LogP contribution in [0.25, 0.3) is 0 Å². The number of imide groups is 2. The molecule has 2 heterocycles. The Hall–Kier alpha value is -2.64. The number of nitrogens with zero attached hydrogens (tertiary/aromatic N) is 3. The molecule has 8 heteroatoms. The Morgan fingerprint density at radius 1 is 1.20 bits per heavy atom. The van der Waals surface area contributed by atoms with Crippen LogP contribution in [-0.4, -0.2) is 58.1 Å². The SMILES string of the molecule is Cc1ccc(CN(C)C(=O)CN2C(=O)C(=O)N(C3CCCC3)C2=O)o1. The summed E-state index contributed by atoms with van der Waals surface area (Å²) in [4.78, 5) is 52.2. The van der Waals surface area contributed by atoms with E-state index in [4.69, 9.17) is 4.42 Å². The molecule has 0 atom stereocenters. The van der Waals surface area contributed by atoms with Gasteiger partial charge in [0, 0.05) is 13.1 Å². The number of carbonyl (C=O) groups is 4. The molecule has 1 saturated heterocycles. The van der Waals surface area contributed by atoms with Crippen molar-refractivity contribution in [1.29, 1.82) is 0 Å². The van der Waals surface area contributed by atoms with Gasteiger partial charge in [-0.25, -0.2) is 9.69 Å². The molecule has 0 bridgehead atoms. The van der Waals surface area contributed by atoms with Crippen molar-refractivity contribution in [2.75, 3.05) is 13.6 Å². The lowest BCUT2D eigenvalue weighted by Crippen LogP contribution is -2.43. The molecule has 25 heavy (non-hydrogen) atoms. The molecule has 0 unspecified atom stereocenters. The molecule has 0 spiro atoms. The maximum atomic E-state index is 12.5. The molecule has 2 fully saturated rings. The van der Waals surface area contributed by atoms with Gasteiger partial charge in [0.1, 0.15) is 18.1 Å². The Balaban J connectivity index is 1.64. The summed E-state index contributed by atoms with van der Waals surface area (Å²) >= 11 is 0. The van der Waals surface area contributed by atoms with Gasteiger partial charge in [-0.2, -0.15) is 0 Å². The summed E-state index contributed by atoms with van der Waals surface area (Å²) in [5.41, 5.74) is 0. The molecule has 0 N–H and O–H groups in total. The number of furan rings is 1. The van der Waals surface area contributed by atoms with Gasteiger partial charge >= 0.3 is 17.8 Å². The summed E-state index contributed by atoms with van der Waals surface area (Å²) in [7, 11) is 1.56. The van der Waals surface area contributed by atoms with Crippen LogP contribution in [0.4, 0.5) is 4.79 Å². The van der Waals surface area contributed by atoms with Crippen LogP contribution in [0, 0.1) is 6.92 Å². The summed E-state index contributed by atoms with van der Waals surface area (Å²) in [6.07, 6.45) is 3.29. The molecule has 1 aromatic rings. The lowest BCUT2D eigenvalue weighted by molar-refractivity contribution is -0.145. The molecule has 1 aliphatic carbocycles. The van der Waals surface area contributed by atoms with E-state index in [1.54, 1.807) is 26.1 Å². The molecule has 0 aromatic carbocycles. The van der Waals surface area contributed by atoms with Gasteiger partial charge < -0.3 is 9.32 Å². The third-order valence-corrected chi connectivity index (χ3v) is 4.68. The topological polar surface area (TPSA) is 91.1 Å². The fourth-order valence-electron chi connectivity index (χ4n) is 3.29. The molecule has 134 valence electrons. The predicted octanol–water partition coefficient (Wildman–Crippen LogP) is 1.28. The molecule has 5 amide bonds. The molecule has 2 aliphatic rings. The standard InChI is InChI=1S/C17H21N3O5/c1-11-7-8-13(25-11)9-18(2)14(21)10-19-15(22)16(23)20(17(19)24)12-5-3-4-6-12/h7-8,12H,3-6,9-10H2,1-2H3. The van der Waals surface area contributed by atoms with E-state index in [9.17, 15) is 19.2 Å². The van der Waals surface area contributed by atoms with Crippen molar-refractivity contribution in [2.24, 2.45) is 0 Å². The van der Waals surface area contributed by atoms with Crippen LogP contribution >= 0.6 is 0 Å². The van der Waals surface area contributed by atoms with Crippen LogP contribution < -0.4 is 0 Å². The molecule has 1 aliphatic heterocycles. The zero-order valence-electron chi connectivity index (χ0n) is 14.4. The van der Waals surface area contributed by atoms with E-state index in [1.807, 2.05) is 0 Å². The fourth-order valence-corrected chi connectivity index (χ4v) is 3.29. The Morgan fingerprint density at radius 2 is 1.88 bits per heavy atom. The minimum atomic E-state index is -0.924. The van der Waals surface area contributed by atoms with Gasteiger partial charge in [-0.1, -0.05) is 12.8 Å². The predicted molar refractivity (Wildman–Crippen MR) is 86.1 cm³/mol.